The second kappa shape index (κ2) is 5.30. The van der Waals surface area contributed by atoms with Gasteiger partial charge in [-0.15, -0.1) is 0 Å². The fourth-order valence-electron chi connectivity index (χ4n) is 1.46. The van der Waals surface area contributed by atoms with Gasteiger partial charge in [0.2, 0.25) is 0 Å². The zero-order valence-electron chi connectivity index (χ0n) is 10.9. The van der Waals surface area contributed by atoms with Gasteiger partial charge in [-0.25, -0.2) is 4.39 Å². The Morgan fingerprint density at radius 2 is 2.00 bits per heavy atom. The average Bonchev–Trinajstić information content (AvgIpc) is 2.19. The lowest BCUT2D eigenvalue weighted by molar-refractivity contribution is 0.0945. The molecule has 0 fully saturated rings. The molecular formula is C14H20FNO. The van der Waals surface area contributed by atoms with Crippen LogP contribution in [-0.2, 0) is 0 Å². The topological polar surface area (TPSA) is 29.1 Å². The third-order valence-corrected chi connectivity index (χ3v) is 2.53. The molecule has 0 atom stereocenters. The number of carbonyl (C=O) groups is 1. The number of amides is 1. The number of aryl methyl sites for hydroxylation is 1. The van der Waals surface area contributed by atoms with E-state index in [-0.39, 0.29) is 16.9 Å². The predicted octanol–water partition coefficient (Wildman–Crippen LogP) is 3.30. The molecule has 1 rings (SSSR count). The van der Waals surface area contributed by atoms with Gasteiger partial charge in [0.1, 0.15) is 5.82 Å². The van der Waals surface area contributed by atoms with Gasteiger partial charge in [-0.3, -0.25) is 4.79 Å². The molecule has 0 radical (unpaired) electrons. The van der Waals surface area contributed by atoms with Crippen LogP contribution in [0.1, 0.15) is 43.1 Å². The quantitative estimate of drug-likeness (QED) is 0.858. The molecule has 0 unspecified atom stereocenters. The standard InChI is InChI=1S/C14H20FNO/c1-10-5-6-12(15)11(9-10)13(17)16-8-7-14(2,3)4/h5-6,9H,7-8H2,1-4H3,(H,16,17). The first kappa shape index (κ1) is 13.7. The Kier molecular flexibility index (Phi) is 4.27. The van der Waals surface area contributed by atoms with Gasteiger partial charge in [0.25, 0.3) is 5.91 Å². The number of hydrogen-bond acceptors (Lipinski definition) is 1. The van der Waals surface area contributed by atoms with Crippen molar-refractivity contribution in [3.8, 4) is 0 Å². The van der Waals surface area contributed by atoms with E-state index in [2.05, 4.69) is 26.1 Å². The predicted molar refractivity (Wildman–Crippen MR) is 67.5 cm³/mol. The number of hydrogen-bond donors (Lipinski definition) is 1. The zero-order chi connectivity index (χ0) is 13.1. The van der Waals surface area contributed by atoms with Gasteiger partial charge in [0, 0.05) is 6.54 Å². The van der Waals surface area contributed by atoms with Crippen molar-refractivity contribution in [3.05, 3.63) is 35.1 Å². The van der Waals surface area contributed by atoms with E-state index >= 15 is 0 Å². The summed E-state index contributed by atoms with van der Waals surface area (Å²) in [5.74, 6) is -0.806. The highest BCUT2D eigenvalue weighted by atomic mass is 19.1. The van der Waals surface area contributed by atoms with E-state index in [9.17, 15) is 9.18 Å². The lowest BCUT2D eigenvalue weighted by atomic mass is 9.92. The van der Waals surface area contributed by atoms with Gasteiger partial charge < -0.3 is 5.32 Å². The van der Waals surface area contributed by atoms with Crippen molar-refractivity contribution in [1.82, 2.24) is 5.32 Å². The smallest absolute Gasteiger partial charge is 0.254 e. The van der Waals surface area contributed by atoms with Gasteiger partial charge >= 0.3 is 0 Å². The van der Waals surface area contributed by atoms with Crippen LogP contribution < -0.4 is 5.32 Å². The normalized spacial score (nSPS) is 11.4. The molecule has 0 bridgehead atoms. The minimum Gasteiger partial charge on any atom is -0.352 e. The van der Waals surface area contributed by atoms with E-state index in [1.807, 2.05) is 6.92 Å². The second-order valence-electron chi connectivity index (χ2n) is 5.55. The minimum absolute atomic E-state index is 0.124. The molecule has 0 saturated carbocycles. The SMILES string of the molecule is Cc1ccc(F)c(C(=O)NCCC(C)(C)C)c1. The Balaban J connectivity index is 2.61. The largest absolute Gasteiger partial charge is 0.352 e. The van der Waals surface area contributed by atoms with E-state index in [1.54, 1.807) is 12.1 Å². The van der Waals surface area contributed by atoms with Crippen LogP contribution in [0.3, 0.4) is 0 Å². The van der Waals surface area contributed by atoms with Gasteiger partial charge in [0.05, 0.1) is 5.56 Å². The van der Waals surface area contributed by atoms with Crippen LogP contribution in [0.25, 0.3) is 0 Å². The number of nitrogens with one attached hydrogen (secondary N) is 1. The van der Waals surface area contributed by atoms with Crippen LogP contribution in [-0.4, -0.2) is 12.5 Å². The average molecular weight is 237 g/mol. The molecule has 2 nitrogen and oxygen atoms in total. The van der Waals surface area contributed by atoms with Gasteiger partial charge in [-0.1, -0.05) is 32.4 Å². The van der Waals surface area contributed by atoms with Crippen molar-refractivity contribution >= 4 is 5.91 Å². The van der Waals surface area contributed by atoms with E-state index < -0.39 is 5.82 Å². The maximum Gasteiger partial charge on any atom is 0.254 e. The van der Waals surface area contributed by atoms with Crippen LogP contribution in [0.2, 0.25) is 0 Å². The number of benzene rings is 1. The summed E-state index contributed by atoms with van der Waals surface area (Å²) in [7, 11) is 0. The second-order valence-corrected chi connectivity index (χ2v) is 5.55. The summed E-state index contributed by atoms with van der Waals surface area (Å²) in [6.07, 6.45) is 0.867. The highest BCUT2D eigenvalue weighted by Crippen LogP contribution is 2.17. The number of rotatable bonds is 3. The highest BCUT2D eigenvalue weighted by Gasteiger charge is 2.13. The molecule has 0 heterocycles. The van der Waals surface area contributed by atoms with Crippen LogP contribution in [0.5, 0.6) is 0 Å². The molecule has 0 aromatic heterocycles. The summed E-state index contributed by atoms with van der Waals surface area (Å²) in [5, 5.41) is 2.74. The first-order valence-electron chi connectivity index (χ1n) is 5.84. The first-order valence-corrected chi connectivity index (χ1v) is 5.84. The molecule has 0 saturated heterocycles. The fraction of sp³-hybridized carbons (Fsp3) is 0.500. The first-order chi connectivity index (χ1) is 7.79. The van der Waals surface area contributed by atoms with Crippen molar-refractivity contribution in [2.24, 2.45) is 5.41 Å². The molecule has 17 heavy (non-hydrogen) atoms. The molecule has 94 valence electrons. The van der Waals surface area contributed by atoms with E-state index in [4.69, 9.17) is 0 Å². The van der Waals surface area contributed by atoms with Crippen molar-refractivity contribution in [2.45, 2.75) is 34.1 Å². The molecule has 3 heteroatoms. The van der Waals surface area contributed by atoms with Crippen molar-refractivity contribution in [3.63, 3.8) is 0 Å². The molecule has 1 aromatic rings. The van der Waals surface area contributed by atoms with Crippen molar-refractivity contribution in [2.75, 3.05) is 6.54 Å². The summed E-state index contributed by atoms with van der Waals surface area (Å²) in [6, 6.07) is 4.55. The van der Waals surface area contributed by atoms with Gasteiger partial charge in [-0.2, -0.15) is 0 Å². The molecule has 1 N–H and O–H groups in total. The van der Waals surface area contributed by atoms with E-state index in [1.165, 1.54) is 6.07 Å². The number of halogens is 1. The lowest BCUT2D eigenvalue weighted by Gasteiger charge is -2.18. The van der Waals surface area contributed by atoms with Crippen molar-refractivity contribution < 1.29 is 9.18 Å². The highest BCUT2D eigenvalue weighted by molar-refractivity contribution is 5.94. The Bertz CT molecular complexity index is 407. The Labute approximate surface area is 102 Å². The Morgan fingerprint density at radius 1 is 1.35 bits per heavy atom. The monoisotopic (exact) mass is 237 g/mol. The minimum atomic E-state index is -0.469. The zero-order valence-corrected chi connectivity index (χ0v) is 10.9. The van der Waals surface area contributed by atoms with E-state index in [0.717, 1.165) is 12.0 Å². The third-order valence-electron chi connectivity index (χ3n) is 2.53. The lowest BCUT2D eigenvalue weighted by Crippen LogP contribution is -2.28. The van der Waals surface area contributed by atoms with Gasteiger partial charge in [0.15, 0.2) is 0 Å². The molecule has 1 aromatic carbocycles. The Morgan fingerprint density at radius 3 is 2.59 bits per heavy atom. The summed E-state index contributed by atoms with van der Waals surface area (Å²) < 4.78 is 13.4. The molecule has 1 amide bonds. The fourth-order valence-corrected chi connectivity index (χ4v) is 1.46. The molecule has 0 aliphatic rings. The van der Waals surface area contributed by atoms with Crippen LogP contribution in [0.4, 0.5) is 4.39 Å². The summed E-state index contributed by atoms with van der Waals surface area (Å²) in [6.45, 7) is 8.71. The number of carbonyl (C=O) groups excluding carboxylic acids is 1. The Hall–Kier alpha value is -1.38. The maximum atomic E-state index is 13.4. The molecular weight excluding hydrogens is 217 g/mol. The van der Waals surface area contributed by atoms with Crippen molar-refractivity contribution in [1.29, 1.82) is 0 Å². The third kappa shape index (κ3) is 4.55. The molecule has 0 aliphatic carbocycles. The van der Waals surface area contributed by atoms with Crippen LogP contribution in [0, 0.1) is 18.2 Å². The summed E-state index contributed by atoms with van der Waals surface area (Å²) in [5.41, 5.74) is 1.17. The molecule has 0 aliphatic heterocycles. The molecule has 0 spiro atoms. The summed E-state index contributed by atoms with van der Waals surface area (Å²) >= 11 is 0. The summed E-state index contributed by atoms with van der Waals surface area (Å²) in [4.78, 5) is 11.8. The maximum absolute atomic E-state index is 13.4. The van der Waals surface area contributed by atoms with E-state index in [0.29, 0.717) is 6.54 Å². The van der Waals surface area contributed by atoms with Gasteiger partial charge in [-0.05, 0) is 30.9 Å². The van der Waals surface area contributed by atoms with Crippen LogP contribution in [0.15, 0.2) is 18.2 Å². The van der Waals surface area contributed by atoms with Crippen LogP contribution >= 0.6 is 0 Å².